The molecule has 168 valence electrons. The van der Waals surface area contributed by atoms with Crippen molar-refractivity contribution in [3.05, 3.63) is 59.7 Å². The van der Waals surface area contributed by atoms with E-state index < -0.39 is 0 Å². The minimum atomic E-state index is -0.212. The van der Waals surface area contributed by atoms with E-state index in [4.69, 9.17) is 0 Å². The van der Waals surface area contributed by atoms with Crippen molar-refractivity contribution in [2.45, 2.75) is 67.0 Å². The maximum Gasteiger partial charge on any atom is 0.223 e. The Balaban J connectivity index is 1.91. The molecule has 0 saturated heterocycles. The number of hydrogen-bond donors (Lipinski definition) is 1. The van der Waals surface area contributed by atoms with Crippen LogP contribution >= 0.6 is 0 Å². The standard InChI is InChI=1S/C25H36N4O2/c1-24(2,3)12-22(30)28-17-21-10-20(15-27-16-21)11-25(4,5)13-23(31)29(6)18-19-8-7-9-26-14-19/h7-10,14-16H,11-13,17-18H2,1-6H3,(H,28,30). The molecule has 6 heteroatoms. The summed E-state index contributed by atoms with van der Waals surface area (Å²) in [5.74, 6) is 0.146. The molecule has 0 radical (unpaired) electrons. The van der Waals surface area contributed by atoms with Crippen molar-refractivity contribution < 1.29 is 9.59 Å². The Hall–Kier alpha value is -2.76. The van der Waals surface area contributed by atoms with Gasteiger partial charge in [0.2, 0.25) is 11.8 Å². The summed E-state index contributed by atoms with van der Waals surface area (Å²) in [6.45, 7) is 11.4. The zero-order valence-electron chi connectivity index (χ0n) is 19.7. The van der Waals surface area contributed by atoms with Gasteiger partial charge in [-0.2, -0.15) is 0 Å². The largest absolute Gasteiger partial charge is 0.352 e. The zero-order chi connectivity index (χ0) is 23.1. The summed E-state index contributed by atoms with van der Waals surface area (Å²) < 4.78 is 0. The summed E-state index contributed by atoms with van der Waals surface area (Å²) in [6, 6.07) is 5.92. The van der Waals surface area contributed by atoms with Gasteiger partial charge < -0.3 is 10.2 Å². The second kappa shape index (κ2) is 10.5. The highest BCUT2D eigenvalue weighted by Gasteiger charge is 2.25. The van der Waals surface area contributed by atoms with E-state index in [1.165, 1.54) is 0 Å². The fourth-order valence-corrected chi connectivity index (χ4v) is 3.49. The van der Waals surface area contributed by atoms with Crippen LogP contribution in [0.3, 0.4) is 0 Å². The van der Waals surface area contributed by atoms with Gasteiger partial charge in [0.05, 0.1) is 0 Å². The average Bonchev–Trinajstić information content (AvgIpc) is 2.65. The van der Waals surface area contributed by atoms with Crippen molar-refractivity contribution in [1.82, 2.24) is 20.2 Å². The van der Waals surface area contributed by atoms with Gasteiger partial charge in [-0.05, 0) is 40.0 Å². The van der Waals surface area contributed by atoms with E-state index in [1.807, 2.05) is 46.1 Å². The van der Waals surface area contributed by atoms with E-state index in [0.717, 1.165) is 23.1 Å². The van der Waals surface area contributed by atoms with E-state index >= 15 is 0 Å². The van der Waals surface area contributed by atoms with Gasteiger partial charge in [-0.3, -0.25) is 19.6 Å². The first-order chi connectivity index (χ1) is 14.4. The lowest BCUT2D eigenvalue weighted by molar-refractivity contribution is -0.132. The van der Waals surface area contributed by atoms with E-state index in [0.29, 0.717) is 25.9 Å². The first-order valence-electron chi connectivity index (χ1n) is 10.8. The molecule has 2 aromatic heterocycles. The lowest BCUT2D eigenvalue weighted by Crippen LogP contribution is -2.31. The topological polar surface area (TPSA) is 75.2 Å². The lowest BCUT2D eigenvalue weighted by Gasteiger charge is -2.27. The van der Waals surface area contributed by atoms with Crippen LogP contribution in [0.15, 0.2) is 43.0 Å². The second-order valence-corrected chi connectivity index (χ2v) is 10.3. The third kappa shape index (κ3) is 9.28. The molecule has 6 nitrogen and oxygen atoms in total. The van der Waals surface area contributed by atoms with Crippen LogP contribution in [0.25, 0.3) is 0 Å². The molecular formula is C25H36N4O2. The molecule has 2 aromatic rings. The molecule has 0 atom stereocenters. The number of aromatic nitrogens is 2. The van der Waals surface area contributed by atoms with Crippen LogP contribution in [0.2, 0.25) is 0 Å². The van der Waals surface area contributed by atoms with Gasteiger partial charge in [0.15, 0.2) is 0 Å². The molecule has 0 aliphatic rings. The average molecular weight is 425 g/mol. The van der Waals surface area contributed by atoms with Crippen LogP contribution in [0, 0.1) is 10.8 Å². The first kappa shape index (κ1) is 24.5. The number of hydrogen-bond acceptors (Lipinski definition) is 4. The molecule has 2 heterocycles. The minimum Gasteiger partial charge on any atom is -0.352 e. The fourth-order valence-electron chi connectivity index (χ4n) is 3.49. The minimum absolute atomic E-state index is 0.0368. The van der Waals surface area contributed by atoms with Gasteiger partial charge in [0.1, 0.15) is 0 Å². The number of nitrogens with zero attached hydrogens (tertiary/aromatic N) is 3. The van der Waals surface area contributed by atoms with Gasteiger partial charge in [0.25, 0.3) is 0 Å². The summed E-state index contributed by atoms with van der Waals surface area (Å²) in [4.78, 5) is 35.0. The highest BCUT2D eigenvalue weighted by Crippen LogP contribution is 2.27. The van der Waals surface area contributed by atoms with E-state index in [9.17, 15) is 9.59 Å². The number of carbonyl (C=O) groups excluding carboxylic acids is 2. The Morgan fingerprint density at radius 1 is 0.968 bits per heavy atom. The van der Waals surface area contributed by atoms with Crippen molar-refractivity contribution in [1.29, 1.82) is 0 Å². The molecule has 0 bridgehead atoms. The molecule has 2 rings (SSSR count). The van der Waals surface area contributed by atoms with Crippen LogP contribution in [-0.4, -0.2) is 33.7 Å². The van der Waals surface area contributed by atoms with Crippen molar-refractivity contribution in [2.24, 2.45) is 10.8 Å². The van der Waals surface area contributed by atoms with Crippen LogP contribution in [0.4, 0.5) is 0 Å². The maximum atomic E-state index is 12.8. The van der Waals surface area contributed by atoms with Gasteiger partial charge in [0, 0.05) is 57.8 Å². The predicted molar refractivity (Wildman–Crippen MR) is 123 cm³/mol. The zero-order valence-corrected chi connectivity index (χ0v) is 19.7. The molecule has 0 spiro atoms. The fraction of sp³-hybridized carbons (Fsp3) is 0.520. The SMILES string of the molecule is CN(Cc1cccnc1)C(=O)CC(C)(C)Cc1cncc(CNC(=O)CC(C)(C)C)c1. The Morgan fingerprint density at radius 3 is 2.29 bits per heavy atom. The third-order valence-corrected chi connectivity index (χ3v) is 4.91. The first-order valence-corrected chi connectivity index (χ1v) is 10.8. The molecule has 0 unspecified atom stereocenters. The van der Waals surface area contributed by atoms with E-state index in [-0.39, 0.29) is 22.6 Å². The van der Waals surface area contributed by atoms with E-state index in [1.54, 1.807) is 23.5 Å². The maximum absolute atomic E-state index is 12.8. The van der Waals surface area contributed by atoms with Gasteiger partial charge in [-0.15, -0.1) is 0 Å². The van der Waals surface area contributed by atoms with Crippen LogP contribution in [-0.2, 0) is 29.1 Å². The summed E-state index contributed by atoms with van der Waals surface area (Å²) in [5.41, 5.74) is 2.80. The lowest BCUT2D eigenvalue weighted by atomic mass is 9.82. The van der Waals surface area contributed by atoms with Crippen LogP contribution in [0.5, 0.6) is 0 Å². The molecule has 31 heavy (non-hydrogen) atoms. The number of amides is 2. The highest BCUT2D eigenvalue weighted by atomic mass is 16.2. The van der Waals surface area contributed by atoms with Crippen molar-refractivity contribution >= 4 is 11.8 Å². The van der Waals surface area contributed by atoms with Gasteiger partial charge in [-0.25, -0.2) is 0 Å². The van der Waals surface area contributed by atoms with Gasteiger partial charge >= 0.3 is 0 Å². The molecule has 0 aliphatic carbocycles. The highest BCUT2D eigenvalue weighted by molar-refractivity contribution is 5.77. The number of carbonyl (C=O) groups is 2. The van der Waals surface area contributed by atoms with Crippen molar-refractivity contribution in [3.8, 4) is 0 Å². The Morgan fingerprint density at radius 2 is 1.65 bits per heavy atom. The number of nitrogens with one attached hydrogen (secondary N) is 1. The van der Waals surface area contributed by atoms with E-state index in [2.05, 4.69) is 35.2 Å². The molecule has 0 aliphatic heterocycles. The normalized spacial score (nSPS) is 11.8. The van der Waals surface area contributed by atoms with Crippen LogP contribution < -0.4 is 5.32 Å². The predicted octanol–water partition coefficient (Wildman–Crippen LogP) is 4.15. The molecule has 0 saturated carbocycles. The van der Waals surface area contributed by atoms with Crippen molar-refractivity contribution in [2.75, 3.05) is 7.05 Å². The Labute approximate surface area is 186 Å². The number of rotatable bonds is 9. The smallest absolute Gasteiger partial charge is 0.223 e. The van der Waals surface area contributed by atoms with Gasteiger partial charge in [-0.1, -0.05) is 46.8 Å². The summed E-state index contributed by atoms with van der Waals surface area (Å²) in [7, 11) is 1.83. The Bertz CT molecular complexity index is 873. The summed E-state index contributed by atoms with van der Waals surface area (Å²) in [5, 5.41) is 2.97. The summed E-state index contributed by atoms with van der Waals surface area (Å²) in [6.07, 6.45) is 8.79. The summed E-state index contributed by atoms with van der Waals surface area (Å²) >= 11 is 0. The Kier molecular flexibility index (Phi) is 8.31. The van der Waals surface area contributed by atoms with Crippen molar-refractivity contribution in [3.63, 3.8) is 0 Å². The van der Waals surface area contributed by atoms with Crippen LogP contribution in [0.1, 0.15) is 64.2 Å². The molecule has 1 N–H and O–H groups in total. The number of pyridine rings is 2. The molecular weight excluding hydrogens is 388 g/mol. The quantitative estimate of drug-likeness (QED) is 0.656. The second-order valence-electron chi connectivity index (χ2n) is 10.3. The monoisotopic (exact) mass is 424 g/mol. The molecule has 0 fully saturated rings. The molecule has 0 aromatic carbocycles. The third-order valence-electron chi connectivity index (χ3n) is 4.91. The molecule has 2 amide bonds.